The lowest BCUT2D eigenvalue weighted by atomic mass is 9.89. The highest BCUT2D eigenvalue weighted by Gasteiger charge is 2.28. The van der Waals surface area contributed by atoms with E-state index in [0.717, 1.165) is 45.8 Å². The fraction of sp³-hybridized carbons (Fsp3) is 0.286. The first-order chi connectivity index (χ1) is 13.6. The zero-order valence-electron chi connectivity index (χ0n) is 15.7. The number of ether oxygens (including phenoxy) is 1. The Morgan fingerprint density at radius 3 is 2.75 bits per heavy atom. The molecule has 28 heavy (non-hydrogen) atoms. The van der Waals surface area contributed by atoms with Gasteiger partial charge in [-0.1, -0.05) is 0 Å². The van der Waals surface area contributed by atoms with Gasteiger partial charge in [-0.2, -0.15) is 5.10 Å². The topological polar surface area (TPSA) is 103 Å². The van der Waals surface area contributed by atoms with Crippen LogP contribution in [0.1, 0.15) is 28.0 Å². The van der Waals surface area contributed by atoms with Gasteiger partial charge in [0.2, 0.25) is 0 Å². The van der Waals surface area contributed by atoms with Crippen LogP contribution in [0.4, 0.5) is 0 Å². The third-order valence-corrected chi connectivity index (χ3v) is 5.10. The molecule has 7 heteroatoms. The summed E-state index contributed by atoms with van der Waals surface area (Å²) in [5, 5.41) is 14.4. The van der Waals surface area contributed by atoms with E-state index in [1.165, 1.54) is 0 Å². The number of nitrogens with two attached hydrogens (primary N) is 1. The Hall–Kier alpha value is -3.19. The second-order valence-corrected chi connectivity index (χ2v) is 6.80. The summed E-state index contributed by atoms with van der Waals surface area (Å²) in [4.78, 5) is 16.5. The fourth-order valence-corrected chi connectivity index (χ4v) is 3.68. The number of pyridine rings is 1. The highest BCUT2D eigenvalue weighted by atomic mass is 16.5. The molecular weight excluding hydrogens is 356 g/mol. The number of nitrogens with zero attached hydrogens (tertiary/aromatic N) is 3. The largest absolute Gasteiger partial charge is 0.497 e. The Morgan fingerprint density at radius 2 is 2.07 bits per heavy atom. The molecule has 0 saturated heterocycles. The van der Waals surface area contributed by atoms with Crippen molar-refractivity contribution >= 4 is 5.97 Å². The van der Waals surface area contributed by atoms with Crippen molar-refractivity contribution in [1.29, 1.82) is 0 Å². The van der Waals surface area contributed by atoms with Gasteiger partial charge in [0.25, 0.3) is 0 Å². The maximum Gasteiger partial charge on any atom is 0.354 e. The van der Waals surface area contributed by atoms with E-state index in [1.54, 1.807) is 11.8 Å². The van der Waals surface area contributed by atoms with Crippen LogP contribution in [0.5, 0.6) is 5.75 Å². The molecule has 0 saturated carbocycles. The van der Waals surface area contributed by atoms with Gasteiger partial charge in [0.1, 0.15) is 11.4 Å². The van der Waals surface area contributed by atoms with Gasteiger partial charge in [0.05, 0.1) is 18.5 Å². The van der Waals surface area contributed by atoms with Crippen molar-refractivity contribution in [2.45, 2.75) is 25.8 Å². The molecule has 0 aliphatic heterocycles. The van der Waals surface area contributed by atoms with Crippen LogP contribution >= 0.6 is 0 Å². The third kappa shape index (κ3) is 3.14. The van der Waals surface area contributed by atoms with Crippen LogP contribution in [0.3, 0.4) is 0 Å². The van der Waals surface area contributed by atoms with E-state index >= 15 is 0 Å². The molecule has 2 aromatic heterocycles. The van der Waals surface area contributed by atoms with Crippen LogP contribution < -0.4 is 10.5 Å². The van der Waals surface area contributed by atoms with Crippen LogP contribution in [0.2, 0.25) is 0 Å². The van der Waals surface area contributed by atoms with Crippen molar-refractivity contribution in [3.63, 3.8) is 0 Å². The highest BCUT2D eigenvalue weighted by molar-refractivity contribution is 5.91. The third-order valence-electron chi connectivity index (χ3n) is 5.10. The molecule has 0 radical (unpaired) electrons. The highest BCUT2D eigenvalue weighted by Crippen LogP contribution is 2.36. The van der Waals surface area contributed by atoms with Crippen LogP contribution in [0.25, 0.3) is 22.5 Å². The summed E-state index contributed by atoms with van der Waals surface area (Å²) >= 11 is 0. The molecule has 7 nitrogen and oxygen atoms in total. The van der Waals surface area contributed by atoms with Gasteiger partial charge in [0.15, 0.2) is 0 Å². The van der Waals surface area contributed by atoms with Crippen LogP contribution in [-0.2, 0) is 19.4 Å². The zero-order valence-corrected chi connectivity index (χ0v) is 15.7. The van der Waals surface area contributed by atoms with Crippen molar-refractivity contribution < 1.29 is 14.6 Å². The lowest BCUT2D eigenvalue weighted by molar-refractivity contribution is 0.0681. The van der Waals surface area contributed by atoms with Crippen LogP contribution in [0.15, 0.2) is 36.5 Å². The molecule has 0 bridgehead atoms. The number of benzene rings is 1. The second-order valence-electron chi connectivity index (χ2n) is 6.80. The molecule has 3 aromatic rings. The van der Waals surface area contributed by atoms with Crippen molar-refractivity contribution in [2.75, 3.05) is 13.7 Å². The van der Waals surface area contributed by atoms with Crippen LogP contribution in [-0.4, -0.2) is 39.5 Å². The van der Waals surface area contributed by atoms with Gasteiger partial charge in [-0.05, 0) is 61.7 Å². The molecule has 1 aliphatic rings. The molecule has 0 spiro atoms. The number of carboxylic acid groups (broad SMARTS) is 1. The van der Waals surface area contributed by atoms with Crippen molar-refractivity contribution in [2.24, 2.45) is 5.73 Å². The van der Waals surface area contributed by atoms with Crippen molar-refractivity contribution in [3.05, 3.63) is 53.3 Å². The van der Waals surface area contributed by atoms with E-state index in [2.05, 4.69) is 10.1 Å². The van der Waals surface area contributed by atoms with E-state index in [-0.39, 0.29) is 5.69 Å². The maximum atomic E-state index is 11.9. The van der Waals surface area contributed by atoms with Gasteiger partial charge in [-0.15, -0.1) is 0 Å². The number of hydrogen-bond acceptors (Lipinski definition) is 5. The van der Waals surface area contributed by atoms with Gasteiger partial charge in [-0.25, -0.2) is 4.79 Å². The minimum atomic E-state index is -0.946. The second kappa shape index (κ2) is 7.44. The summed E-state index contributed by atoms with van der Waals surface area (Å²) in [5.74, 6) is -0.160. The van der Waals surface area contributed by atoms with Gasteiger partial charge < -0.3 is 15.6 Å². The molecule has 0 fully saturated rings. The quantitative estimate of drug-likeness (QED) is 0.684. The molecule has 144 valence electrons. The summed E-state index contributed by atoms with van der Waals surface area (Å²) in [7, 11) is 1.63. The molecule has 1 aromatic carbocycles. The monoisotopic (exact) mass is 378 g/mol. The van der Waals surface area contributed by atoms with Gasteiger partial charge in [0, 0.05) is 29.4 Å². The molecule has 2 heterocycles. The van der Waals surface area contributed by atoms with Crippen molar-refractivity contribution in [3.8, 4) is 28.3 Å². The Labute approximate surface area is 162 Å². The number of aromatic carboxylic acids is 1. The standard InChI is InChI=1S/C21H22N4O3/c1-28-15-6-3-13(4-7-15)18-11-17-14(12-23-18)5-8-16-19(17)24-25(10-2-9-22)20(16)21(26)27/h3-4,6-7,11-12H,2,5,8-10,22H2,1H3,(H,26,27). The number of rotatable bonds is 6. The Balaban J connectivity index is 1.80. The number of carboxylic acids is 1. The molecule has 3 N–H and O–H groups in total. The minimum Gasteiger partial charge on any atom is -0.497 e. The maximum absolute atomic E-state index is 11.9. The smallest absolute Gasteiger partial charge is 0.354 e. The Kier molecular flexibility index (Phi) is 4.83. The summed E-state index contributed by atoms with van der Waals surface area (Å²) < 4.78 is 6.80. The first-order valence-corrected chi connectivity index (χ1v) is 9.29. The average Bonchev–Trinajstić information content (AvgIpc) is 3.11. The predicted molar refractivity (Wildman–Crippen MR) is 105 cm³/mol. The number of aromatic nitrogens is 3. The summed E-state index contributed by atoms with van der Waals surface area (Å²) in [6, 6.07) is 9.71. The van der Waals surface area contributed by atoms with E-state index in [9.17, 15) is 9.90 Å². The number of methoxy groups -OCH3 is 1. The molecular formula is C21H22N4O3. The average molecular weight is 378 g/mol. The lowest BCUT2D eigenvalue weighted by Gasteiger charge is -2.16. The summed E-state index contributed by atoms with van der Waals surface area (Å²) in [6.07, 6.45) is 3.95. The van der Waals surface area contributed by atoms with E-state index < -0.39 is 5.97 Å². The Morgan fingerprint density at radius 1 is 1.29 bits per heavy atom. The Bertz CT molecular complexity index is 1020. The lowest BCUT2D eigenvalue weighted by Crippen LogP contribution is -2.14. The predicted octanol–water partition coefficient (Wildman–Crippen LogP) is 2.77. The molecule has 0 atom stereocenters. The van der Waals surface area contributed by atoms with Gasteiger partial charge in [-0.3, -0.25) is 9.67 Å². The summed E-state index contributed by atoms with van der Waals surface area (Å²) in [5.41, 5.74) is 11.2. The number of hydrogen-bond donors (Lipinski definition) is 2. The van der Waals surface area contributed by atoms with Crippen LogP contribution in [0, 0.1) is 0 Å². The zero-order chi connectivity index (χ0) is 19.7. The summed E-state index contributed by atoms with van der Waals surface area (Å²) in [6.45, 7) is 0.989. The normalized spacial score (nSPS) is 12.4. The van der Waals surface area contributed by atoms with Gasteiger partial charge >= 0.3 is 5.97 Å². The van der Waals surface area contributed by atoms with E-state index in [4.69, 9.17) is 10.5 Å². The minimum absolute atomic E-state index is 0.275. The number of fused-ring (bicyclic) bond motifs is 3. The SMILES string of the molecule is COc1ccc(-c2cc3c(cn2)CCc2c-3nn(CCCN)c2C(=O)O)cc1. The molecule has 0 unspecified atom stereocenters. The van der Waals surface area contributed by atoms with E-state index in [1.807, 2.05) is 36.5 Å². The first kappa shape index (κ1) is 18.2. The molecule has 1 aliphatic carbocycles. The fourth-order valence-electron chi connectivity index (χ4n) is 3.68. The number of aryl methyl sites for hydroxylation is 2. The van der Waals surface area contributed by atoms with E-state index in [0.29, 0.717) is 25.9 Å². The molecule has 0 amide bonds. The molecule has 4 rings (SSSR count). The first-order valence-electron chi connectivity index (χ1n) is 9.29. The number of carbonyl (C=O) groups is 1. The van der Waals surface area contributed by atoms with Crippen molar-refractivity contribution in [1.82, 2.24) is 14.8 Å².